The molecular weight excluding hydrogens is 276 g/mol. The molecule has 0 aliphatic heterocycles. The predicted molar refractivity (Wildman–Crippen MR) is 78.1 cm³/mol. The minimum atomic E-state index is -0.0936. The Bertz CT molecular complexity index is 338. The molecule has 0 saturated heterocycles. The van der Waals surface area contributed by atoms with E-state index in [1.54, 1.807) is 0 Å². The fourth-order valence-electron chi connectivity index (χ4n) is 1.92. The highest BCUT2D eigenvalue weighted by Gasteiger charge is 2.18. The summed E-state index contributed by atoms with van der Waals surface area (Å²) in [7, 11) is 4.24. The Balaban J connectivity index is 2.76. The molecule has 0 radical (unpaired) electrons. The van der Waals surface area contributed by atoms with Crippen molar-refractivity contribution in [3.8, 4) is 0 Å². The third-order valence-electron chi connectivity index (χ3n) is 2.94. The normalized spacial score (nSPS) is 14.1. The fourth-order valence-corrected chi connectivity index (χ4v) is 2.18. The zero-order chi connectivity index (χ0) is 13.1. The molecule has 2 N–H and O–H groups in total. The first-order valence-corrected chi connectivity index (χ1v) is 6.80. The average molecular weight is 299 g/mol. The average Bonchev–Trinajstić information content (AvgIpc) is 2.18. The van der Waals surface area contributed by atoms with Gasteiger partial charge in [0.2, 0.25) is 0 Å². The van der Waals surface area contributed by atoms with Crippen molar-refractivity contribution >= 4 is 15.9 Å². The first-order chi connectivity index (χ1) is 7.79. The summed E-state index contributed by atoms with van der Waals surface area (Å²) in [5.74, 6) is 0. The second-order valence-electron chi connectivity index (χ2n) is 5.56. The van der Waals surface area contributed by atoms with E-state index in [0.29, 0.717) is 6.04 Å². The van der Waals surface area contributed by atoms with Crippen molar-refractivity contribution in [3.05, 3.63) is 34.3 Å². The van der Waals surface area contributed by atoms with Crippen LogP contribution in [0.3, 0.4) is 0 Å². The van der Waals surface area contributed by atoms with Gasteiger partial charge in [-0.1, -0.05) is 28.1 Å². The molecule has 17 heavy (non-hydrogen) atoms. The molecule has 0 spiro atoms. The molecule has 1 aromatic carbocycles. The van der Waals surface area contributed by atoms with Crippen LogP contribution in [0.4, 0.5) is 0 Å². The molecular formula is C14H23BrN2. The second kappa shape index (κ2) is 5.98. The van der Waals surface area contributed by atoms with Crippen LogP contribution in [-0.4, -0.2) is 24.5 Å². The molecule has 0 aliphatic carbocycles. The highest BCUT2D eigenvalue weighted by atomic mass is 79.9. The van der Waals surface area contributed by atoms with E-state index >= 15 is 0 Å². The van der Waals surface area contributed by atoms with Crippen LogP contribution in [0.25, 0.3) is 0 Å². The maximum atomic E-state index is 6.06. The van der Waals surface area contributed by atoms with Crippen LogP contribution in [0, 0.1) is 0 Å². The monoisotopic (exact) mass is 298 g/mol. The third-order valence-corrected chi connectivity index (χ3v) is 3.47. The molecule has 2 nitrogen and oxygen atoms in total. The lowest BCUT2D eigenvalue weighted by molar-refractivity contribution is 0.261. The number of hydrogen-bond acceptors (Lipinski definition) is 2. The highest BCUT2D eigenvalue weighted by Crippen LogP contribution is 2.26. The summed E-state index contributed by atoms with van der Waals surface area (Å²) in [6, 6.07) is 8.99. The summed E-state index contributed by atoms with van der Waals surface area (Å²) in [6.07, 6.45) is 2.10. The standard InChI is InChI=1S/C14H23BrN2/c1-14(2,16)10-9-13(17(3)4)11-5-7-12(15)8-6-11/h5-8,13H,9-10,16H2,1-4H3. The molecule has 1 aromatic rings. The molecule has 0 heterocycles. The minimum absolute atomic E-state index is 0.0936. The summed E-state index contributed by atoms with van der Waals surface area (Å²) in [4.78, 5) is 2.26. The van der Waals surface area contributed by atoms with Gasteiger partial charge in [0.15, 0.2) is 0 Å². The molecule has 0 aromatic heterocycles. The van der Waals surface area contributed by atoms with Gasteiger partial charge in [-0.3, -0.25) is 0 Å². The van der Waals surface area contributed by atoms with Gasteiger partial charge in [-0.15, -0.1) is 0 Å². The van der Waals surface area contributed by atoms with Crippen LogP contribution in [0.1, 0.15) is 38.3 Å². The fraction of sp³-hybridized carbons (Fsp3) is 0.571. The number of nitrogens with two attached hydrogens (primary N) is 1. The predicted octanol–water partition coefficient (Wildman–Crippen LogP) is 3.57. The van der Waals surface area contributed by atoms with E-state index in [4.69, 9.17) is 5.73 Å². The highest BCUT2D eigenvalue weighted by molar-refractivity contribution is 9.10. The van der Waals surface area contributed by atoms with Crippen LogP contribution in [0.5, 0.6) is 0 Å². The van der Waals surface area contributed by atoms with Gasteiger partial charge in [-0.25, -0.2) is 0 Å². The number of rotatable bonds is 5. The van der Waals surface area contributed by atoms with Gasteiger partial charge in [-0.05, 0) is 58.5 Å². The number of benzene rings is 1. The number of halogens is 1. The van der Waals surface area contributed by atoms with Crippen LogP contribution in [0.15, 0.2) is 28.7 Å². The van der Waals surface area contributed by atoms with Crippen LogP contribution >= 0.6 is 15.9 Å². The quantitative estimate of drug-likeness (QED) is 0.900. The van der Waals surface area contributed by atoms with Crippen molar-refractivity contribution in [2.75, 3.05) is 14.1 Å². The van der Waals surface area contributed by atoms with Gasteiger partial charge in [0.25, 0.3) is 0 Å². The van der Waals surface area contributed by atoms with Crippen molar-refractivity contribution in [2.45, 2.75) is 38.3 Å². The Labute approximate surface area is 113 Å². The Kier molecular flexibility index (Phi) is 5.17. The Morgan fingerprint density at radius 2 is 1.76 bits per heavy atom. The molecule has 1 unspecified atom stereocenters. The van der Waals surface area contributed by atoms with Gasteiger partial charge < -0.3 is 10.6 Å². The van der Waals surface area contributed by atoms with E-state index in [1.165, 1.54) is 5.56 Å². The zero-order valence-electron chi connectivity index (χ0n) is 11.2. The number of hydrogen-bond donors (Lipinski definition) is 1. The van der Waals surface area contributed by atoms with Crippen molar-refractivity contribution in [3.63, 3.8) is 0 Å². The summed E-state index contributed by atoms with van der Waals surface area (Å²) < 4.78 is 1.12. The van der Waals surface area contributed by atoms with Gasteiger partial charge in [0, 0.05) is 16.1 Å². The van der Waals surface area contributed by atoms with Crippen molar-refractivity contribution in [2.24, 2.45) is 5.73 Å². The van der Waals surface area contributed by atoms with Crippen molar-refractivity contribution in [1.82, 2.24) is 4.90 Å². The summed E-state index contributed by atoms with van der Waals surface area (Å²) in [5.41, 5.74) is 7.32. The van der Waals surface area contributed by atoms with Crippen LogP contribution in [0.2, 0.25) is 0 Å². The topological polar surface area (TPSA) is 29.3 Å². The second-order valence-corrected chi connectivity index (χ2v) is 6.47. The van der Waals surface area contributed by atoms with Gasteiger partial charge >= 0.3 is 0 Å². The van der Waals surface area contributed by atoms with E-state index in [0.717, 1.165) is 17.3 Å². The molecule has 0 saturated carbocycles. The van der Waals surface area contributed by atoms with Gasteiger partial charge in [0.05, 0.1) is 0 Å². The van der Waals surface area contributed by atoms with Crippen LogP contribution < -0.4 is 5.73 Å². The van der Waals surface area contributed by atoms with E-state index in [-0.39, 0.29) is 5.54 Å². The molecule has 96 valence electrons. The Hall–Kier alpha value is -0.380. The van der Waals surface area contributed by atoms with Gasteiger partial charge in [-0.2, -0.15) is 0 Å². The minimum Gasteiger partial charge on any atom is -0.326 e. The molecule has 0 bridgehead atoms. The smallest absolute Gasteiger partial charge is 0.0342 e. The van der Waals surface area contributed by atoms with E-state index < -0.39 is 0 Å². The SMILES string of the molecule is CN(C)C(CCC(C)(C)N)c1ccc(Br)cc1. The lowest BCUT2D eigenvalue weighted by Gasteiger charge is -2.28. The summed E-state index contributed by atoms with van der Waals surface area (Å²) in [6.45, 7) is 4.17. The Morgan fingerprint density at radius 1 is 1.24 bits per heavy atom. The zero-order valence-corrected chi connectivity index (χ0v) is 12.8. The Morgan fingerprint density at radius 3 is 2.18 bits per heavy atom. The first kappa shape index (κ1) is 14.7. The van der Waals surface area contributed by atoms with E-state index in [1.807, 2.05) is 0 Å². The summed E-state index contributed by atoms with van der Waals surface area (Å²) in [5, 5.41) is 0. The van der Waals surface area contributed by atoms with Crippen molar-refractivity contribution in [1.29, 1.82) is 0 Å². The molecule has 0 fully saturated rings. The largest absolute Gasteiger partial charge is 0.326 e. The third kappa shape index (κ3) is 5.19. The lowest BCUT2D eigenvalue weighted by atomic mass is 9.93. The maximum Gasteiger partial charge on any atom is 0.0342 e. The van der Waals surface area contributed by atoms with E-state index in [9.17, 15) is 0 Å². The van der Waals surface area contributed by atoms with Gasteiger partial charge in [0.1, 0.15) is 0 Å². The molecule has 1 rings (SSSR count). The lowest BCUT2D eigenvalue weighted by Crippen LogP contribution is -2.33. The summed E-state index contributed by atoms with van der Waals surface area (Å²) >= 11 is 3.47. The molecule has 1 atom stereocenters. The maximum absolute atomic E-state index is 6.06. The molecule has 3 heteroatoms. The first-order valence-electron chi connectivity index (χ1n) is 6.00. The van der Waals surface area contributed by atoms with Crippen molar-refractivity contribution < 1.29 is 0 Å². The molecule has 0 aliphatic rings. The van der Waals surface area contributed by atoms with E-state index in [2.05, 4.69) is 73.0 Å². The number of nitrogens with zero attached hydrogens (tertiary/aromatic N) is 1. The van der Waals surface area contributed by atoms with Crippen LogP contribution in [-0.2, 0) is 0 Å². The molecule has 0 amide bonds.